The molecule has 0 bridgehead atoms. The van der Waals surface area contributed by atoms with E-state index in [1.807, 2.05) is 11.8 Å². The number of piperidine rings is 1. The van der Waals surface area contributed by atoms with Crippen LogP contribution in [0.4, 0.5) is 0 Å². The van der Waals surface area contributed by atoms with Crippen molar-refractivity contribution >= 4 is 17.7 Å². The summed E-state index contributed by atoms with van der Waals surface area (Å²) in [7, 11) is 1.67. The summed E-state index contributed by atoms with van der Waals surface area (Å²) in [5, 5.41) is 6.44. The lowest BCUT2D eigenvalue weighted by molar-refractivity contribution is -0.136. The van der Waals surface area contributed by atoms with Gasteiger partial charge in [-0.3, -0.25) is 4.79 Å². The Kier molecular flexibility index (Phi) is 7.04. The Morgan fingerprint density at radius 1 is 1.50 bits per heavy atom. The summed E-state index contributed by atoms with van der Waals surface area (Å²) in [4.78, 5) is 12.5. The molecule has 0 aliphatic carbocycles. The normalized spacial score (nSPS) is 20.4. The maximum Gasteiger partial charge on any atom is 0.228 e. The average molecular weight is 274 g/mol. The van der Waals surface area contributed by atoms with E-state index < -0.39 is 0 Å². The molecule has 1 fully saturated rings. The number of hydrogen-bond donors (Lipinski definition) is 2. The zero-order chi connectivity index (χ0) is 13.4. The molecule has 1 heterocycles. The van der Waals surface area contributed by atoms with Gasteiger partial charge in [0.2, 0.25) is 5.91 Å². The lowest BCUT2D eigenvalue weighted by atomic mass is 9.78. The molecule has 1 rings (SSSR count). The highest BCUT2D eigenvalue weighted by Gasteiger charge is 2.39. The molecule has 0 saturated carbocycles. The third-order valence-corrected chi connectivity index (χ3v) is 4.56. The smallest absolute Gasteiger partial charge is 0.228 e. The predicted molar refractivity (Wildman–Crippen MR) is 77.0 cm³/mol. The summed E-state index contributed by atoms with van der Waals surface area (Å²) in [5.74, 6) is 2.23. The highest BCUT2D eigenvalue weighted by molar-refractivity contribution is 7.99. The molecule has 106 valence electrons. The van der Waals surface area contributed by atoms with Gasteiger partial charge in [0.15, 0.2) is 0 Å². The van der Waals surface area contributed by atoms with Crippen molar-refractivity contribution < 1.29 is 9.53 Å². The summed E-state index contributed by atoms with van der Waals surface area (Å²) in [6.45, 7) is 6.53. The minimum atomic E-state index is -0.328. The van der Waals surface area contributed by atoms with Crippen LogP contribution in [0.2, 0.25) is 0 Å². The fraction of sp³-hybridized carbons (Fsp3) is 0.923. The van der Waals surface area contributed by atoms with Gasteiger partial charge in [0.05, 0.1) is 12.0 Å². The first-order valence-electron chi connectivity index (χ1n) is 6.73. The summed E-state index contributed by atoms with van der Waals surface area (Å²) in [6, 6.07) is 0.228. The summed E-state index contributed by atoms with van der Waals surface area (Å²) in [6.07, 6.45) is 1.72. The van der Waals surface area contributed by atoms with Crippen molar-refractivity contribution in [3.05, 3.63) is 0 Å². The van der Waals surface area contributed by atoms with Crippen LogP contribution in [0.5, 0.6) is 0 Å². The molecule has 1 aliphatic heterocycles. The van der Waals surface area contributed by atoms with E-state index in [-0.39, 0.29) is 17.4 Å². The van der Waals surface area contributed by atoms with E-state index in [0.717, 1.165) is 37.4 Å². The van der Waals surface area contributed by atoms with Gasteiger partial charge in [-0.15, -0.1) is 0 Å². The third kappa shape index (κ3) is 4.44. The number of amides is 1. The van der Waals surface area contributed by atoms with Gasteiger partial charge in [-0.05, 0) is 38.6 Å². The molecule has 18 heavy (non-hydrogen) atoms. The van der Waals surface area contributed by atoms with Gasteiger partial charge in [-0.2, -0.15) is 11.8 Å². The van der Waals surface area contributed by atoms with Crippen LogP contribution in [0.3, 0.4) is 0 Å². The van der Waals surface area contributed by atoms with Crippen molar-refractivity contribution in [1.29, 1.82) is 0 Å². The van der Waals surface area contributed by atoms with Gasteiger partial charge in [-0.25, -0.2) is 0 Å². The first kappa shape index (κ1) is 15.8. The quantitative estimate of drug-likeness (QED) is 0.734. The number of nitrogens with one attached hydrogen (secondary N) is 2. The number of hydrogen-bond acceptors (Lipinski definition) is 4. The molecular formula is C13H26N2O2S. The van der Waals surface area contributed by atoms with Crippen LogP contribution in [0, 0.1) is 5.41 Å². The lowest BCUT2D eigenvalue weighted by Gasteiger charge is -2.36. The lowest BCUT2D eigenvalue weighted by Crippen LogP contribution is -2.52. The zero-order valence-electron chi connectivity index (χ0n) is 11.8. The molecular weight excluding hydrogens is 248 g/mol. The Labute approximate surface area is 115 Å². The second kappa shape index (κ2) is 8.02. The zero-order valence-corrected chi connectivity index (χ0v) is 12.6. The second-order valence-corrected chi connectivity index (χ2v) is 6.32. The molecule has 0 spiro atoms. The molecule has 0 aromatic heterocycles. The molecule has 0 aromatic carbocycles. The van der Waals surface area contributed by atoms with E-state index >= 15 is 0 Å². The van der Waals surface area contributed by atoms with E-state index in [4.69, 9.17) is 4.74 Å². The van der Waals surface area contributed by atoms with Crippen LogP contribution >= 0.6 is 11.8 Å². The van der Waals surface area contributed by atoms with Crippen LogP contribution in [-0.4, -0.2) is 50.3 Å². The molecule has 5 heteroatoms. The fourth-order valence-electron chi connectivity index (χ4n) is 2.33. The Morgan fingerprint density at radius 3 is 2.72 bits per heavy atom. The van der Waals surface area contributed by atoms with Crippen LogP contribution in [0.1, 0.15) is 26.7 Å². The van der Waals surface area contributed by atoms with Gasteiger partial charge < -0.3 is 15.4 Å². The predicted octanol–water partition coefficient (Wildman–Crippen LogP) is 1.26. The van der Waals surface area contributed by atoms with Crippen LogP contribution in [0.25, 0.3) is 0 Å². The molecule has 1 amide bonds. The van der Waals surface area contributed by atoms with E-state index in [2.05, 4.69) is 24.5 Å². The molecule has 0 radical (unpaired) electrons. The van der Waals surface area contributed by atoms with Crippen LogP contribution in [0.15, 0.2) is 0 Å². The first-order valence-corrected chi connectivity index (χ1v) is 7.88. The van der Waals surface area contributed by atoms with Crippen molar-refractivity contribution in [2.24, 2.45) is 5.41 Å². The fourth-order valence-corrected chi connectivity index (χ4v) is 3.00. The highest BCUT2D eigenvalue weighted by Crippen LogP contribution is 2.29. The van der Waals surface area contributed by atoms with Crippen LogP contribution in [-0.2, 0) is 9.53 Å². The van der Waals surface area contributed by atoms with Gasteiger partial charge >= 0.3 is 0 Å². The minimum absolute atomic E-state index is 0.162. The average Bonchev–Trinajstić information content (AvgIpc) is 2.37. The van der Waals surface area contributed by atoms with Gasteiger partial charge in [0, 0.05) is 18.9 Å². The van der Waals surface area contributed by atoms with Crippen molar-refractivity contribution in [2.75, 3.05) is 38.3 Å². The maximum absolute atomic E-state index is 12.5. The molecule has 2 N–H and O–H groups in total. The van der Waals surface area contributed by atoms with Gasteiger partial charge in [0.1, 0.15) is 0 Å². The van der Waals surface area contributed by atoms with Crippen molar-refractivity contribution in [1.82, 2.24) is 10.6 Å². The number of rotatable bonds is 7. The molecule has 1 aliphatic rings. The van der Waals surface area contributed by atoms with E-state index in [1.165, 1.54) is 0 Å². The highest BCUT2D eigenvalue weighted by atomic mass is 32.2. The second-order valence-electron chi connectivity index (χ2n) is 5.00. The SMILES string of the molecule is CCSCC(C)NC(=O)C1(COC)CCNCC1. The molecule has 1 atom stereocenters. The number of carbonyl (C=O) groups excluding carboxylic acids is 1. The monoisotopic (exact) mass is 274 g/mol. The summed E-state index contributed by atoms with van der Waals surface area (Å²) >= 11 is 1.86. The van der Waals surface area contributed by atoms with E-state index in [1.54, 1.807) is 7.11 Å². The maximum atomic E-state index is 12.5. The van der Waals surface area contributed by atoms with E-state index in [0.29, 0.717) is 6.61 Å². The van der Waals surface area contributed by atoms with Gasteiger partial charge in [-0.1, -0.05) is 6.92 Å². The van der Waals surface area contributed by atoms with Crippen molar-refractivity contribution in [2.45, 2.75) is 32.7 Å². The molecule has 1 unspecified atom stereocenters. The Bertz CT molecular complexity index is 250. The molecule has 0 aromatic rings. The first-order chi connectivity index (χ1) is 8.64. The Morgan fingerprint density at radius 2 is 2.17 bits per heavy atom. The van der Waals surface area contributed by atoms with E-state index in [9.17, 15) is 4.79 Å². The summed E-state index contributed by atoms with van der Waals surface area (Å²) in [5.41, 5.74) is -0.328. The topological polar surface area (TPSA) is 50.4 Å². The van der Waals surface area contributed by atoms with Gasteiger partial charge in [0.25, 0.3) is 0 Å². The third-order valence-electron chi connectivity index (χ3n) is 3.41. The molecule has 4 nitrogen and oxygen atoms in total. The van der Waals surface area contributed by atoms with Crippen molar-refractivity contribution in [3.8, 4) is 0 Å². The Balaban J connectivity index is 2.53. The van der Waals surface area contributed by atoms with Crippen molar-refractivity contribution in [3.63, 3.8) is 0 Å². The molecule has 1 saturated heterocycles. The minimum Gasteiger partial charge on any atom is -0.384 e. The van der Waals surface area contributed by atoms with Crippen LogP contribution < -0.4 is 10.6 Å². The standard InChI is InChI=1S/C13H26N2O2S/c1-4-18-9-11(2)15-12(16)13(10-17-3)5-7-14-8-6-13/h11,14H,4-10H2,1-3H3,(H,15,16). The number of methoxy groups -OCH3 is 1. The number of carbonyl (C=O) groups is 1. The largest absolute Gasteiger partial charge is 0.384 e. The number of thioether (sulfide) groups is 1. The summed E-state index contributed by atoms with van der Waals surface area (Å²) < 4.78 is 5.27. The number of ether oxygens (including phenoxy) is 1. The Hall–Kier alpha value is -0.260.